The van der Waals surface area contributed by atoms with Crippen LogP contribution in [0.15, 0.2) is 42.5 Å². The maximum atomic E-state index is 11.5. The summed E-state index contributed by atoms with van der Waals surface area (Å²) < 4.78 is 4.47. The molecule has 0 N–H and O–H groups in total. The third kappa shape index (κ3) is 3.65. The summed E-state index contributed by atoms with van der Waals surface area (Å²) in [4.78, 5) is 22.5. The third-order valence-electron chi connectivity index (χ3n) is 3.08. The molecule has 2 aromatic carbocycles. The molecule has 0 heterocycles. The molecule has 0 spiro atoms. The Morgan fingerprint density at radius 2 is 1.79 bits per heavy atom. The lowest BCUT2D eigenvalue weighted by Crippen LogP contribution is -2.09. The number of ketones is 1. The second-order valence-electron chi connectivity index (χ2n) is 4.47. The van der Waals surface area contributed by atoms with Crippen LogP contribution in [-0.4, -0.2) is 18.9 Å². The molecule has 0 bridgehead atoms. The molecule has 0 aromatic heterocycles. The van der Waals surface area contributed by atoms with Crippen LogP contribution in [0.25, 0.3) is 10.8 Å². The largest absolute Gasteiger partial charge is 0.469 e. The van der Waals surface area contributed by atoms with Crippen LogP contribution in [-0.2, 0) is 20.7 Å². The smallest absolute Gasteiger partial charge is 0.313 e. The summed E-state index contributed by atoms with van der Waals surface area (Å²) in [5.41, 5.74) is 1.11. The van der Waals surface area contributed by atoms with Gasteiger partial charge in [0.2, 0.25) is 0 Å². The SMILES string of the molecule is COC(=O)CC(=O)CCc1ccc2ccccc2c1. The fourth-order valence-electron chi connectivity index (χ4n) is 2.00. The Morgan fingerprint density at radius 3 is 2.53 bits per heavy atom. The van der Waals surface area contributed by atoms with Crippen molar-refractivity contribution in [2.45, 2.75) is 19.3 Å². The van der Waals surface area contributed by atoms with Crippen LogP contribution in [0.2, 0.25) is 0 Å². The number of aryl methyl sites for hydroxylation is 1. The minimum Gasteiger partial charge on any atom is -0.469 e. The van der Waals surface area contributed by atoms with E-state index in [1.54, 1.807) is 0 Å². The molecule has 0 aliphatic rings. The van der Waals surface area contributed by atoms with E-state index in [-0.39, 0.29) is 12.2 Å². The summed E-state index contributed by atoms with van der Waals surface area (Å²) in [5, 5.41) is 2.35. The number of benzene rings is 2. The average molecular weight is 256 g/mol. The van der Waals surface area contributed by atoms with Gasteiger partial charge in [-0.05, 0) is 22.8 Å². The van der Waals surface area contributed by atoms with Gasteiger partial charge in [-0.2, -0.15) is 0 Å². The summed E-state index contributed by atoms with van der Waals surface area (Å²) in [6.07, 6.45) is 0.887. The van der Waals surface area contributed by atoms with E-state index in [0.29, 0.717) is 12.8 Å². The van der Waals surface area contributed by atoms with Crippen LogP contribution < -0.4 is 0 Å². The summed E-state index contributed by atoms with van der Waals surface area (Å²) in [5.74, 6) is -0.552. The summed E-state index contributed by atoms with van der Waals surface area (Å²) in [6.45, 7) is 0. The van der Waals surface area contributed by atoms with E-state index in [2.05, 4.69) is 29.0 Å². The highest BCUT2D eigenvalue weighted by Gasteiger charge is 2.09. The van der Waals surface area contributed by atoms with E-state index >= 15 is 0 Å². The predicted molar refractivity (Wildman–Crippen MR) is 73.9 cm³/mol. The lowest BCUT2D eigenvalue weighted by Gasteiger charge is -2.03. The van der Waals surface area contributed by atoms with Gasteiger partial charge in [0, 0.05) is 6.42 Å². The molecule has 3 nitrogen and oxygen atoms in total. The molecule has 0 aliphatic heterocycles. The van der Waals surface area contributed by atoms with Crippen LogP contribution in [0.1, 0.15) is 18.4 Å². The lowest BCUT2D eigenvalue weighted by atomic mass is 10.0. The Morgan fingerprint density at radius 1 is 1.05 bits per heavy atom. The lowest BCUT2D eigenvalue weighted by molar-refractivity contribution is -0.143. The van der Waals surface area contributed by atoms with Crippen LogP contribution in [0.4, 0.5) is 0 Å². The first-order chi connectivity index (χ1) is 9.19. The number of hydrogen-bond donors (Lipinski definition) is 0. The quantitative estimate of drug-likeness (QED) is 0.610. The van der Waals surface area contributed by atoms with Crippen molar-refractivity contribution in [2.24, 2.45) is 0 Å². The second-order valence-corrected chi connectivity index (χ2v) is 4.47. The van der Waals surface area contributed by atoms with Crippen LogP contribution >= 0.6 is 0 Å². The first-order valence-electron chi connectivity index (χ1n) is 6.25. The van der Waals surface area contributed by atoms with E-state index < -0.39 is 5.97 Å². The molecule has 0 saturated carbocycles. The highest BCUT2D eigenvalue weighted by Crippen LogP contribution is 2.16. The second kappa shape index (κ2) is 6.14. The van der Waals surface area contributed by atoms with Crippen molar-refractivity contribution in [3.05, 3.63) is 48.0 Å². The van der Waals surface area contributed by atoms with E-state index in [1.165, 1.54) is 17.9 Å². The van der Waals surface area contributed by atoms with Gasteiger partial charge in [-0.25, -0.2) is 0 Å². The average Bonchev–Trinajstić information content (AvgIpc) is 2.44. The van der Waals surface area contributed by atoms with Gasteiger partial charge < -0.3 is 4.74 Å². The first-order valence-corrected chi connectivity index (χ1v) is 6.25. The molecule has 0 unspecified atom stereocenters. The van der Waals surface area contributed by atoms with Crippen molar-refractivity contribution in [1.82, 2.24) is 0 Å². The van der Waals surface area contributed by atoms with Gasteiger partial charge >= 0.3 is 5.97 Å². The Labute approximate surface area is 112 Å². The normalized spacial score (nSPS) is 10.4. The van der Waals surface area contributed by atoms with Crippen molar-refractivity contribution >= 4 is 22.5 Å². The number of rotatable bonds is 5. The minimum atomic E-state index is -0.469. The topological polar surface area (TPSA) is 43.4 Å². The number of fused-ring (bicyclic) bond motifs is 1. The monoisotopic (exact) mass is 256 g/mol. The summed E-state index contributed by atoms with van der Waals surface area (Å²) in [7, 11) is 1.29. The number of carbonyl (C=O) groups excluding carboxylic acids is 2. The molecule has 3 heteroatoms. The molecule has 0 atom stereocenters. The third-order valence-corrected chi connectivity index (χ3v) is 3.08. The van der Waals surface area contributed by atoms with Gasteiger partial charge in [0.05, 0.1) is 7.11 Å². The number of esters is 1. The van der Waals surface area contributed by atoms with Gasteiger partial charge in [0.25, 0.3) is 0 Å². The summed E-state index contributed by atoms with van der Waals surface area (Å²) in [6, 6.07) is 14.3. The molecule has 0 fully saturated rings. The molecule has 0 amide bonds. The summed E-state index contributed by atoms with van der Waals surface area (Å²) >= 11 is 0. The van der Waals surface area contributed by atoms with E-state index in [1.807, 2.05) is 18.2 Å². The van der Waals surface area contributed by atoms with E-state index in [0.717, 1.165) is 5.56 Å². The molecular weight excluding hydrogens is 240 g/mol. The zero-order valence-corrected chi connectivity index (χ0v) is 10.9. The van der Waals surface area contributed by atoms with Crippen LogP contribution in [0, 0.1) is 0 Å². The first kappa shape index (κ1) is 13.3. The standard InChI is InChI=1S/C16H16O3/c1-19-16(18)11-15(17)9-7-12-6-8-13-4-2-3-5-14(13)10-12/h2-6,8,10H,7,9,11H2,1H3. The van der Waals surface area contributed by atoms with E-state index in [4.69, 9.17) is 0 Å². The fourth-order valence-corrected chi connectivity index (χ4v) is 2.00. The number of carbonyl (C=O) groups is 2. The Bertz CT molecular complexity index is 602. The zero-order valence-electron chi connectivity index (χ0n) is 10.9. The predicted octanol–water partition coefficient (Wildman–Crippen LogP) is 2.90. The molecule has 2 aromatic rings. The number of hydrogen-bond acceptors (Lipinski definition) is 3. The number of Topliss-reactive ketones (excluding diaryl/α,β-unsaturated/α-hetero) is 1. The minimum absolute atomic E-state index is 0.0833. The highest BCUT2D eigenvalue weighted by atomic mass is 16.5. The fraction of sp³-hybridized carbons (Fsp3) is 0.250. The molecular formula is C16H16O3. The Balaban J connectivity index is 1.98. The van der Waals surface area contributed by atoms with Crippen molar-refractivity contribution in [3.8, 4) is 0 Å². The highest BCUT2D eigenvalue weighted by molar-refractivity contribution is 5.95. The number of methoxy groups -OCH3 is 1. The number of ether oxygens (including phenoxy) is 1. The van der Waals surface area contributed by atoms with Crippen molar-refractivity contribution in [1.29, 1.82) is 0 Å². The van der Waals surface area contributed by atoms with E-state index in [9.17, 15) is 9.59 Å². The zero-order chi connectivity index (χ0) is 13.7. The molecule has 2 rings (SSSR count). The Hall–Kier alpha value is -2.16. The van der Waals surface area contributed by atoms with Crippen LogP contribution in [0.5, 0.6) is 0 Å². The van der Waals surface area contributed by atoms with Gasteiger partial charge in [-0.1, -0.05) is 42.5 Å². The van der Waals surface area contributed by atoms with Crippen LogP contribution in [0.3, 0.4) is 0 Å². The van der Waals surface area contributed by atoms with Gasteiger partial charge in [0.15, 0.2) is 0 Å². The maximum Gasteiger partial charge on any atom is 0.313 e. The van der Waals surface area contributed by atoms with Crippen molar-refractivity contribution in [2.75, 3.05) is 7.11 Å². The Kier molecular flexibility index (Phi) is 4.29. The van der Waals surface area contributed by atoms with Gasteiger partial charge in [0.1, 0.15) is 12.2 Å². The molecule has 98 valence electrons. The van der Waals surface area contributed by atoms with Gasteiger partial charge in [-0.15, -0.1) is 0 Å². The molecule has 0 radical (unpaired) electrons. The van der Waals surface area contributed by atoms with Crippen molar-refractivity contribution in [3.63, 3.8) is 0 Å². The molecule has 0 aliphatic carbocycles. The maximum absolute atomic E-state index is 11.5. The van der Waals surface area contributed by atoms with Gasteiger partial charge in [-0.3, -0.25) is 9.59 Å². The van der Waals surface area contributed by atoms with Crippen molar-refractivity contribution < 1.29 is 14.3 Å². The molecule has 0 saturated heterocycles. The molecule has 19 heavy (non-hydrogen) atoms.